The number of hydrogen-bond acceptors (Lipinski definition) is 6. The first kappa shape index (κ1) is 25.7. The second-order valence-electron chi connectivity index (χ2n) is 10.7. The van der Waals surface area contributed by atoms with E-state index in [-0.39, 0.29) is 23.3 Å². The SMILES string of the molecule is COc1cc([C@H]2C3=C(CC(C)(C)CC3=O)N=C(C)C2C(=O)OC(C)C)ccc1OCc1ccccc1. The lowest BCUT2D eigenvalue weighted by atomic mass is 9.67. The molecule has 36 heavy (non-hydrogen) atoms. The maximum atomic E-state index is 13.5. The molecule has 2 aromatic carbocycles. The molecule has 0 spiro atoms. The van der Waals surface area contributed by atoms with Crippen molar-refractivity contribution in [2.24, 2.45) is 16.3 Å². The van der Waals surface area contributed by atoms with Gasteiger partial charge in [0.25, 0.3) is 0 Å². The van der Waals surface area contributed by atoms with Crippen molar-refractivity contribution < 1.29 is 23.8 Å². The van der Waals surface area contributed by atoms with Crippen molar-refractivity contribution >= 4 is 17.5 Å². The van der Waals surface area contributed by atoms with E-state index >= 15 is 0 Å². The van der Waals surface area contributed by atoms with Gasteiger partial charge in [0, 0.05) is 29.3 Å². The third-order valence-corrected chi connectivity index (χ3v) is 6.69. The molecule has 0 fully saturated rings. The minimum atomic E-state index is -0.683. The topological polar surface area (TPSA) is 74.2 Å². The van der Waals surface area contributed by atoms with Crippen molar-refractivity contribution in [3.05, 3.63) is 70.9 Å². The summed E-state index contributed by atoms with van der Waals surface area (Å²) in [6.45, 7) is 10.1. The van der Waals surface area contributed by atoms with E-state index in [0.29, 0.717) is 42.2 Å². The lowest BCUT2D eigenvalue weighted by Crippen LogP contribution is -2.40. The smallest absolute Gasteiger partial charge is 0.315 e. The van der Waals surface area contributed by atoms with Crippen LogP contribution in [0.4, 0.5) is 0 Å². The molecule has 0 amide bonds. The van der Waals surface area contributed by atoms with Crippen LogP contribution in [0.25, 0.3) is 0 Å². The summed E-state index contributed by atoms with van der Waals surface area (Å²) in [6, 6.07) is 15.5. The van der Waals surface area contributed by atoms with E-state index in [1.807, 2.05) is 69.3 Å². The first-order valence-corrected chi connectivity index (χ1v) is 12.5. The molecule has 1 heterocycles. The summed E-state index contributed by atoms with van der Waals surface area (Å²) >= 11 is 0. The van der Waals surface area contributed by atoms with Crippen LogP contribution in [0.5, 0.6) is 11.5 Å². The Morgan fingerprint density at radius 1 is 1.08 bits per heavy atom. The van der Waals surface area contributed by atoms with Gasteiger partial charge in [0.1, 0.15) is 12.5 Å². The number of ether oxygens (including phenoxy) is 3. The predicted molar refractivity (Wildman–Crippen MR) is 139 cm³/mol. The number of methoxy groups -OCH3 is 1. The van der Waals surface area contributed by atoms with E-state index in [0.717, 1.165) is 16.8 Å². The Morgan fingerprint density at radius 2 is 1.81 bits per heavy atom. The van der Waals surface area contributed by atoms with E-state index in [1.54, 1.807) is 7.11 Å². The van der Waals surface area contributed by atoms with Crippen LogP contribution in [-0.2, 0) is 20.9 Å². The highest BCUT2D eigenvalue weighted by Gasteiger charge is 2.46. The average molecular weight is 490 g/mol. The molecule has 2 atom stereocenters. The number of Topliss-reactive ketones (excluding diaryl/α,β-unsaturated/α-hetero) is 1. The van der Waals surface area contributed by atoms with Crippen molar-refractivity contribution in [3.63, 3.8) is 0 Å². The first-order chi connectivity index (χ1) is 17.1. The zero-order valence-electron chi connectivity index (χ0n) is 22.0. The van der Waals surface area contributed by atoms with Gasteiger partial charge in [-0.3, -0.25) is 14.6 Å². The lowest BCUT2D eigenvalue weighted by Gasteiger charge is -2.39. The molecule has 1 aliphatic heterocycles. The molecule has 1 aliphatic carbocycles. The van der Waals surface area contributed by atoms with Gasteiger partial charge in [0.05, 0.1) is 13.2 Å². The largest absolute Gasteiger partial charge is 0.493 e. The molecule has 1 unspecified atom stereocenters. The molecule has 190 valence electrons. The number of rotatable bonds is 7. The van der Waals surface area contributed by atoms with Crippen LogP contribution in [0.1, 0.15) is 64.5 Å². The van der Waals surface area contributed by atoms with Crippen molar-refractivity contribution in [3.8, 4) is 11.5 Å². The average Bonchev–Trinajstić information content (AvgIpc) is 2.81. The van der Waals surface area contributed by atoms with E-state index in [2.05, 4.69) is 13.8 Å². The van der Waals surface area contributed by atoms with Crippen molar-refractivity contribution in [1.82, 2.24) is 0 Å². The fourth-order valence-corrected chi connectivity index (χ4v) is 5.15. The predicted octanol–water partition coefficient (Wildman–Crippen LogP) is 6.04. The van der Waals surface area contributed by atoms with Gasteiger partial charge < -0.3 is 14.2 Å². The van der Waals surface area contributed by atoms with Gasteiger partial charge in [-0.05, 0) is 55.9 Å². The summed E-state index contributed by atoms with van der Waals surface area (Å²) in [7, 11) is 1.59. The first-order valence-electron chi connectivity index (χ1n) is 12.5. The van der Waals surface area contributed by atoms with Gasteiger partial charge in [-0.1, -0.05) is 50.2 Å². The standard InChI is InChI=1S/C30H35NO5/c1-18(2)36-29(33)26-19(3)31-22-15-30(4,5)16-23(32)28(22)27(26)21-12-13-24(25(14-21)34-6)35-17-20-10-8-7-9-11-20/h7-14,18,26-27H,15-17H2,1-6H3/t26?,27-/m1/s1. The van der Waals surface area contributed by atoms with Gasteiger partial charge in [-0.2, -0.15) is 0 Å². The zero-order chi connectivity index (χ0) is 26.0. The van der Waals surface area contributed by atoms with Crippen LogP contribution in [0.2, 0.25) is 0 Å². The van der Waals surface area contributed by atoms with E-state index in [4.69, 9.17) is 19.2 Å². The Morgan fingerprint density at radius 3 is 2.47 bits per heavy atom. The van der Waals surface area contributed by atoms with Crippen molar-refractivity contribution in [2.75, 3.05) is 7.11 Å². The maximum Gasteiger partial charge on any atom is 0.315 e. The summed E-state index contributed by atoms with van der Waals surface area (Å²) in [5.41, 5.74) is 3.73. The molecular weight excluding hydrogens is 454 g/mol. The number of allylic oxidation sites excluding steroid dienone is 2. The van der Waals surface area contributed by atoms with Crippen LogP contribution >= 0.6 is 0 Å². The minimum Gasteiger partial charge on any atom is -0.493 e. The summed E-state index contributed by atoms with van der Waals surface area (Å²) in [5.74, 6) is -0.373. The van der Waals surface area contributed by atoms with Crippen molar-refractivity contribution in [1.29, 1.82) is 0 Å². The summed E-state index contributed by atoms with van der Waals surface area (Å²) in [5, 5.41) is 0. The normalized spacial score (nSPS) is 21.1. The van der Waals surface area contributed by atoms with Gasteiger partial charge >= 0.3 is 5.97 Å². The van der Waals surface area contributed by atoms with E-state index in [9.17, 15) is 9.59 Å². The highest BCUT2D eigenvalue weighted by atomic mass is 16.5. The quantitative estimate of drug-likeness (QED) is 0.443. The molecular formula is C30H35NO5. The van der Waals surface area contributed by atoms with Gasteiger partial charge in [0.15, 0.2) is 17.3 Å². The number of carbonyl (C=O) groups is 2. The van der Waals surface area contributed by atoms with Crippen LogP contribution < -0.4 is 9.47 Å². The Bertz CT molecular complexity index is 1210. The van der Waals surface area contributed by atoms with Crippen LogP contribution in [0.3, 0.4) is 0 Å². The fourth-order valence-electron chi connectivity index (χ4n) is 5.15. The second kappa shape index (κ2) is 10.3. The number of ketones is 1. The molecule has 6 nitrogen and oxygen atoms in total. The molecule has 6 heteroatoms. The number of esters is 1. The number of carbonyl (C=O) groups excluding carboxylic acids is 2. The molecule has 0 saturated carbocycles. The monoisotopic (exact) mass is 489 g/mol. The van der Waals surface area contributed by atoms with Crippen LogP contribution in [0, 0.1) is 11.3 Å². The number of aliphatic imine (C=N–C) groups is 1. The van der Waals surface area contributed by atoms with Gasteiger partial charge in [-0.25, -0.2) is 0 Å². The third-order valence-electron chi connectivity index (χ3n) is 6.69. The number of nitrogens with zero attached hydrogens (tertiary/aromatic N) is 1. The third kappa shape index (κ3) is 5.38. The highest BCUT2D eigenvalue weighted by Crippen LogP contribution is 2.49. The van der Waals surface area contributed by atoms with E-state index < -0.39 is 11.8 Å². The summed E-state index contributed by atoms with van der Waals surface area (Å²) < 4.78 is 17.3. The van der Waals surface area contributed by atoms with Gasteiger partial charge in [-0.15, -0.1) is 0 Å². The fraction of sp³-hybridized carbons (Fsp3) is 0.433. The molecule has 2 aliphatic rings. The minimum absolute atomic E-state index is 0.0354. The second-order valence-corrected chi connectivity index (χ2v) is 10.7. The summed E-state index contributed by atoms with van der Waals surface area (Å²) in [4.78, 5) is 31.5. The maximum absolute atomic E-state index is 13.5. The molecule has 4 rings (SSSR count). The Hall–Kier alpha value is -3.41. The van der Waals surface area contributed by atoms with E-state index in [1.165, 1.54) is 0 Å². The molecule has 0 radical (unpaired) electrons. The molecule has 2 aromatic rings. The van der Waals surface area contributed by atoms with Crippen LogP contribution in [0.15, 0.2) is 64.8 Å². The molecule has 0 aromatic heterocycles. The Kier molecular flexibility index (Phi) is 7.34. The molecule has 0 saturated heterocycles. The summed E-state index contributed by atoms with van der Waals surface area (Å²) in [6.07, 6.45) is 0.826. The molecule has 0 bridgehead atoms. The highest BCUT2D eigenvalue weighted by molar-refractivity contribution is 6.09. The number of hydrogen-bond donors (Lipinski definition) is 0. The lowest BCUT2D eigenvalue weighted by molar-refractivity contribution is -0.150. The Balaban J connectivity index is 1.75. The van der Waals surface area contributed by atoms with Crippen molar-refractivity contribution in [2.45, 2.75) is 66.1 Å². The number of benzene rings is 2. The zero-order valence-corrected chi connectivity index (χ0v) is 22.0. The van der Waals surface area contributed by atoms with Gasteiger partial charge in [0.2, 0.25) is 0 Å². The van der Waals surface area contributed by atoms with Crippen LogP contribution in [-0.4, -0.2) is 30.7 Å². The molecule has 0 N–H and O–H groups in total. The Labute approximate surface area is 213 Å².